The summed E-state index contributed by atoms with van der Waals surface area (Å²) in [6, 6.07) is 14.9. The van der Waals surface area contributed by atoms with Gasteiger partial charge in [-0.3, -0.25) is 4.79 Å². The number of hydrogen-bond acceptors (Lipinski definition) is 4. The van der Waals surface area contributed by atoms with Crippen LogP contribution in [-0.4, -0.2) is 10.1 Å². The van der Waals surface area contributed by atoms with Gasteiger partial charge in [0.25, 0.3) is 4.74 Å². The molecule has 3 aromatic rings. The lowest BCUT2D eigenvalue weighted by atomic mass is 10.1. The van der Waals surface area contributed by atoms with Gasteiger partial charge in [-0.2, -0.15) is 0 Å². The predicted molar refractivity (Wildman–Crippen MR) is 87.6 cm³/mol. The van der Waals surface area contributed by atoms with Gasteiger partial charge in [-0.1, -0.05) is 53.3 Å². The van der Waals surface area contributed by atoms with Gasteiger partial charge in [0.15, 0.2) is 0 Å². The second kappa shape index (κ2) is 5.50. The van der Waals surface area contributed by atoms with E-state index < -0.39 is 0 Å². The lowest BCUT2D eigenvalue weighted by Crippen LogP contribution is -2.03. The minimum atomic E-state index is -0.160. The number of para-hydroxylation sites is 1. The molecule has 104 valence electrons. The van der Waals surface area contributed by atoms with E-state index in [1.807, 2.05) is 55.5 Å². The van der Waals surface area contributed by atoms with Gasteiger partial charge in [-0.15, -0.1) is 0 Å². The van der Waals surface area contributed by atoms with E-state index in [-0.39, 0.29) is 16.2 Å². The number of benzene rings is 2. The fraction of sp³-hybridized carbons (Fsp3) is 0.0588. The van der Waals surface area contributed by atoms with Crippen LogP contribution in [0, 0.1) is 6.92 Å². The summed E-state index contributed by atoms with van der Waals surface area (Å²) in [6.07, 6.45) is 1.43. The number of rotatable bonds is 2. The molecule has 0 amide bonds. The number of fused-ring (bicyclic) bond motifs is 1. The summed E-state index contributed by atoms with van der Waals surface area (Å²) >= 11 is 1.13. The van der Waals surface area contributed by atoms with Crippen molar-refractivity contribution in [2.75, 3.05) is 0 Å². The lowest BCUT2D eigenvalue weighted by molar-refractivity contribution is 0.515. The second-order valence-corrected chi connectivity index (χ2v) is 5.76. The van der Waals surface area contributed by atoms with Crippen LogP contribution in [0.1, 0.15) is 16.8 Å². The highest BCUT2D eigenvalue weighted by Crippen LogP contribution is 2.17. The zero-order valence-electron chi connectivity index (χ0n) is 11.4. The first-order valence-corrected chi connectivity index (χ1v) is 7.33. The van der Waals surface area contributed by atoms with Crippen LogP contribution in [-0.2, 0) is 0 Å². The molecule has 4 heteroatoms. The molecule has 0 aliphatic heterocycles. The summed E-state index contributed by atoms with van der Waals surface area (Å²) in [5.74, 6) is 0.0436. The van der Waals surface area contributed by atoms with E-state index in [1.54, 1.807) is 0 Å². The Morgan fingerprint density at radius 2 is 1.86 bits per heavy atom. The molecule has 0 saturated heterocycles. The van der Waals surface area contributed by atoms with E-state index in [4.69, 9.17) is 0 Å². The first kappa shape index (κ1) is 13.5. The van der Waals surface area contributed by atoms with Crippen molar-refractivity contribution in [3.05, 3.63) is 74.9 Å². The maximum absolute atomic E-state index is 12.1. The van der Waals surface area contributed by atoms with Crippen LogP contribution in [0.2, 0.25) is 0 Å². The molecule has 0 aliphatic rings. The van der Waals surface area contributed by atoms with Gasteiger partial charge in [0, 0.05) is 11.6 Å². The number of hydrogen-bond donors (Lipinski definition) is 1. The van der Waals surface area contributed by atoms with Crippen molar-refractivity contribution in [2.24, 2.45) is 0 Å². The number of aryl methyl sites for hydroxylation is 1. The summed E-state index contributed by atoms with van der Waals surface area (Å²) in [6.45, 7) is 1.98. The normalized spacial score (nSPS) is 11.8. The molecular formula is C17H13NO2S. The molecule has 2 aromatic carbocycles. The molecule has 3 rings (SSSR count). The summed E-state index contributed by atoms with van der Waals surface area (Å²) in [4.78, 5) is 16.4. The van der Waals surface area contributed by atoms with Crippen LogP contribution in [0.25, 0.3) is 22.1 Å². The largest absolute Gasteiger partial charge is 0.507 e. The van der Waals surface area contributed by atoms with Gasteiger partial charge in [-0.05, 0) is 19.1 Å². The maximum Gasteiger partial charge on any atom is 0.258 e. The lowest BCUT2D eigenvalue weighted by Gasteiger charge is -2.01. The first-order valence-electron chi connectivity index (χ1n) is 6.51. The average Bonchev–Trinajstić information content (AvgIpc) is 2.48. The molecule has 21 heavy (non-hydrogen) atoms. The molecule has 3 nitrogen and oxygen atoms in total. The predicted octanol–water partition coefficient (Wildman–Crippen LogP) is 4.02. The topological polar surface area (TPSA) is 50.2 Å². The summed E-state index contributed by atoms with van der Waals surface area (Å²) in [7, 11) is 0. The Labute approximate surface area is 125 Å². The number of aliphatic hydroxyl groups excluding tert-OH is 1. The minimum absolute atomic E-state index is 0.0436. The molecule has 1 heterocycles. The van der Waals surface area contributed by atoms with E-state index in [1.165, 1.54) is 6.08 Å². The number of aromatic nitrogens is 1. The first-order chi connectivity index (χ1) is 10.1. The van der Waals surface area contributed by atoms with Crippen LogP contribution in [0.4, 0.5) is 0 Å². The summed E-state index contributed by atoms with van der Waals surface area (Å²) in [5, 5.41) is 10.1. The Bertz CT molecular complexity index is 879. The van der Waals surface area contributed by atoms with Crippen molar-refractivity contribution in [1.82, 2.24) is 4.98 Å². The highest BCUT2D eigenvalue weighted by Gasteiger charge is 2.05. The molecule has 0 fully saturated rings. The fourth-order valence-corrected chi connectivity index (χ4v) is 2.77. The van der Waals surface area contributed by atoms with Crippen LogP contribution < -0.4 is 4.74 Å². The molecule has 0 atom stereocenters. The Morgan fingerprint density at radius 1 is 1.14 bits per heavy atom. The van der Waals surface area contributed by atoms with Gasteiger partial charge in [0.1, 0.15) is 11.5 Å². The zero-order valence-corrected chi connectivity index (χ0v) is 12.2. The second-order valence-electron chi connectivity index (χ2n) is 4.75. The Morgan fingerprint density at radius 3 is 2.62 bits per heavy atom. The van der Waals surface area contributed by atoms with Crippen LogP contribution in [0.3, 0.4) is 0 Å². The van der Waals surface area contributed by atoms with E-state index >= 15 is 0 Å². The van der Waals surface area contributed by atoms with E-state index in [2.05, 4.69) is 4.98 Å². The van der Waals surface area contributed by atoms with Gasteiger partial charge >= 0.3 is 0 Å². The number of aliphatic hydroxyl groups is 1. The van der Waals surface area contributed by atoms with Crippen LogP contribution in [0.5, 0.6) is 0 Å². The van der Waals surface area contributed by atoms with Gasteiger partial charge < -0.3 is 5.11 Å². The van der Waals surface area contributed by atoms with Gasteiger partial charge in [0.2, 0.25) is 0 Å². The average molecular weight is 295 g/mol. The van der Waals surface area contributed by atoms with E-state index in [0.717, 1.165) is 27.1 Å². The Balaban J connectivity index is 2.07. The maximum atomic E-state index is 12.1. The molecule has 0 radical (unpaired) electrons. The molecule has 0 saturated carbocycles. The molecule has 1 aromatic heterocycles. The quantitative estimate of drug-likeness (QED) is 0.726. The standard InChI is InChI=1S/C17H13NO2S/c1-11-6-8-12(9-7-11)15(19)10-14-17(20)21-16-5-3-2-4-13(16)18-14/h2-10,19H,1H3/b15-10-. The zero-order chi connectivity index (χ0) is 14.8. The highest BCUT2D eigenvalue weighted by atomic mass is 32.1. The molecule has 0 bridgehead atoms. The van der Waals surface area contributed by atoms with Gasteiger partial charge in [0.05, 0.1) is 10.2 Å². The molecule has 0 aliphatic carbocycles. The molecule has 1 N–H and O–H groups in total. The fourth-order valence-electron chi connectivity index (χ4n) is 1.99. The number of nitrogens with zero attached hydrogens (tertiary/aromatic N) is 1. The van der Waals surface area contributed by atoms with Crippen LogP contribution in [0.15, 0.2) is 53.3 Å². The van der Waals surface area contributed by atoms with Crippen molar-refractivity contribution in [2.45, 2.75) is 6.92 Å². The smallest absolute Gasteiger partial charge is 0.258 e. The molecular weight excluding hydrogens is 282 g/mol. The SMILES string of the molecule is Cc1ccc(/C(O)=C/c2nc3ccccc3sc2=O)cc1. The third-order valence-electron chi connectivity index (χ3n) is 3.14. The third-order valence-corrected chi connectivity index (χ3v) is 4.10. The van der Waals surface area contributed by atoms with Crippen molar-refractivity contribution in [3.63, 3.8) is 0 Å². The third kappa shape index (κ3) is 2.85. The van der Waals surface area contributed by atoms with Crippen molar-refractivity contribution in [3.8, 4) is 0 Å². The minimum Gasteiger partial charge on any atom is -0.507 e. The highest BCUT2D eigenvalue weighted by molar-refractivity contribution is 7.16. The van der Waals surface area contributed by atoms with Gasteiger partial charge in [-0.25, -0.2) is 4.98 Å². The van der Waals surface area contributed by atoms with Crippen molar-refractivity contribution >= 4 is 33.4 Å². The summed E-state index contributed by atoms with van der Waals surface area (Å²) < 4.78 is 0.682. The van der Waals surface area contributed by atoms with Crippen LogP contribution >= 0.6 is 11.3 Å². The van der Waals surface area contributed by atoms with Crippen molar-refractivity contribution in [1.29, 1.82) is 0 Å². The van der Waals surface area contributed by atoms with E-state index in [0.29, 0.717) is 5.56 Å². The monoisotopic (exact) mass is 295 g/mol. The Kier molecular flexibility index (Phi) is 3.54. The summed E-state index contributed by atoms with van der Waals surface area (Å²) in [5.41, 5.74) is 2.80. The van der Waals surface area contributed by atoms with Crippen molar-refractivity contribution < 1.29 is 5.11 Å². The molecule has 0 spiro atoms. The Hall–Kier alpha value is -2.46. The van der Waals surface area contributed by atoms with E-state index in [9.17, 15) is 9.90 Å². The molecule has 0 unspecified atom stereocenters.